The molecule has 0 aliphatic rings. The molecule has 1 atom stereocenters. The van der Waals surface area contributed by atoms with Crippen molar-refractivity contribution in [2.45, 2.75) is 33.1 Å². The van der Waals surface area contributed by atoms with Crippen LogP contribution in [0.5, 0.6) is 0 Å². The Bertz CT molecular complexity index is 232. The van der Waals surface area contributed by atoms with Crippen molar-refractivity contribution in [3.63, 3.8) is 0 Å². The highest BCUT2D eigenvalue weighted by Crippen LogP contribution is 1.98. The van der Waals surface area contributed by atoms with Crippen molar-refractivity contribution >= 4 is 11.9 Å². The summed E-state index contributed by atoms with van der Waals surface area (Å²) >= 11 is 0. The highest BCUT2D eigenvalue weighted by atomic mass is 17.2. The summed E-state index contributed by atoms with van der Waals surface area (Å²) in [5.41, 5.74) is 0. The Morgan fingerprint density at radius 1 is 1.29 bits per heavy atom. The van der Waals surface area contributed by atoms with Crippen LogP contribution in [0, 0.1) is 5.92 Å². The lowest BCUT2D eigenvalue weighted by atomic mass is 10.1. The molecule has 0 bridgehead atoms. The largest absolute Gasteiger partial charge is 0.481 e. The number of carboxylic acid groups (broad SMARTS) is 1. The Balaban J connectivity index is 3.24. The van der Waals surface area contributed by atoms with E-state index in [0.29, 0.717) is 13.0 Å². The van der Waals surface area contributed by atoms with Crippen molar-refractivity contribution in [1.82, 2.24) is 5.32 Å². The summed E-state index contributed by atoms with van der Waals surface area (Å²) in [6.07, 6.45) is 1.28. The van der Waals surface area contributed by atoms with Crippen molar-refractivity contribution in [1.29, 1.82) is 0 Å². The molecule has 6 nitrogen and oxygen atoms in total. The summed E-state index contributed by atoms with van der Waals surface area (Å²) < 4.78 is 0. The SMILES string of the molecule is CCC(C)C(=O)NCCOOCCCC(=O)O. The van der Waals surface area contributed by atoms with Gasteiger partial charge in [0.25, 0.3) is 0 Å². The maximum absolute atomic E-state index is 11.3. The van der Waals surface area contributed by atoms with Gasteiger partial charge in [-0.05, 0) is 12.8 Å². The van der Waals surface area contributed by atoms with E-state index in [9.17, 15) is 9.59 Å². The van der Waals surface area contributed by atoms with E-state index in [-0.39, 0.29) is 31.5 Å². The predicted molar refractivity (Wildman–Crippen MR) is 61.2 cm³/mol. The maximum Gasteiger partial charge on any atom is 0.303 e. The molecular weight excluding hydrogens is 226 g/mol. The van der Waals surface area contributed by atoms with E-state index < -0.39 is 5.97 Å². The standard InChI is InChI=1S/C11H21NO5/c1-3-9(2)11(15)12-6-8-17-16-7-4-5-10(13)14/h9H,3-8H2,1-2H3,(H,12,15)(H,13,14). The molecule has 17 heavy (non-hydrogen) atoms. The van der Waals surface area contributed by atoms with Crippen LogP contribution in [-0.2, 0) is 19.4 Å². The molecule has 0 aromatic rings. The van der Waals surface area contributed by atoms with E-state index in [4.69, 9.17) is 14.9 Å². The van der Waals surface area contributed by atoms with Crippen molar-refractivity contribution in [3.8, 4) is 0 Å². The van der Waals surface area contributed by atoms with E-state index in [1.807, 2.05) is 13.8 Å². The molecule has 0 saturated carbocycles. The van der Waals surface area contributed by atoms with Gasteiger partial charge in [0.15, 0.2) is 0 Å². The van der Waals surface area contributed by atoms with Gasteiger partial charge in [0.05, 0.1) is 13.2 Å². The van der Waals surface area contributed by atoms with Gasteiger partial charge >= 0.3 is 5.97 Å². The van der Waals surface area contributed by atoms with E-state index >= 15 is 0 Å². The Labute approximate surface area is 101 Å². The predicted octanol–water partition coefficient (Wildman–Crippen LogP) is 0.962. The molecule has 6 heteroatoms. The van der Waals surface area contributed by atoms with Gasteiger partial charge in [-0.25, -0.2) is 9.78 Å². The maximum atomic E-state index is 11.3. The van der Waals surface area contributed by atoms with Gasteiger partial charge in [0.2, 0.25) is 5.91 Å². The van der Waals surface area contributed by atoms with Crippen molar-refractivity contribution in [3.05, 3.63) is 0 Å². The Kier molecular flexibility index (Phi) is 9.37. The molecular formula is C11H21NO5. The Morgan fingerprint density at radius 3 is 2.53 bits per heavy atom. The quantitative estimate of drug-likeness (QED) is 0.341. The molecule has 0 aromatic carbocycles. The van der Waals surface area contributed by atoms with E-state index in [2.05, 4.69) is 5.32 Å². The lowest BCUT2D eigenvalue weighted by Crippen LogP contribution is -2.31. The van der Waals surface area contributed by atoms with Crippen LogP contribution >= 0.6 is 0 Å². The molecule has 0 saturated heterocycles. The van der Waals surface area contributed by atoms with E-state index in [1.165, 1.54) is 0 Å². The van der Waals surface area contributed by atoms with Crippen LogP contribution in [0.3, 0.4) is 0 Å². The summed E-state index contributed by atoms with van der Waals surface area (Å²) in [5.74, 6) is -0.845. The van der Waals surface area contributed by atoms with Crippen LogP contribution in [-0.4, -0.2) is 36.7 Å². The first kappa shape index (κ1) is 15.9. The Morgan fingerprint density at radius 2 is 1.94 bits per heavy atom. The fourth-order valence-electron chi connectivity index (χ4n) is 0.976. The van der Waals surface area contributed by atoms with Gasteiger partial charge in [-0.2, -0.15) is 0 Å². The molecule has 2 N–H and O–H groups in total. The first-order valence-corrected chi connectivity index (χ1v) is 5.81. The molecule has 1 unspecified atom stereocenters. The van der Waals surface area contributed by atoms with Gasteiger partial charge in [0, 0.05) is 18.9 Å². The summed E-state index contributed by atoms with van der Waals surface area (Å²) in [6.45, 7) is 4.70. The second-order valence-electron chi connectivity index (χ2n) is 3.74. The second kappa shape index (κ2) is 10.0. The number of hydrogen-bond acceptors (Lipinski definition) is 4. The minimum Gasteiger partial charge on any atom is -0.481 e. The first-order chi connectivity index (χ1) is 8.07. The number of amides is 1. The molecule has 0 aliphatic carbocycles. The molecule has 0 heterocycles. The van der Waals surface area contributed by atoms with Gasteiger partial charge in [-0.1, -0.05) is 13.8 Å². The van der Waals surface area contributed by atoms with E-state index in [0.717, 1.165) is 6.42 Å². The summed E-state index contributed by atoms with van der Waals surface area (Å²) in [4.78, 5) is 31.0. The van der Waals surface area contributed by atoms with Gasteiger partial charge in [0.1, 0.15) is 0 Å². The van der Waals surface area contributed by atoms with Crippen LogP contribution in [0.2, 0.25) is 0 Å². The van der Waals surface area contributed by atoms with Crippen LogP contribution in [0.25, 0.3) is 0 Å². The monoisotopic (exact) mass is 247 g/mol. The third-order valence-electron chi connectivity index (χ3n) is 2.25. The topological polar surface area (TPSA) is 84.9 Å². The lowest BCUT2D eigenvalue weighted by molar-refractivity contribution is -0.293. The minimum absolute atomic E-state index is 0.00183. The van der Waals surface area contributed by atoms with Gasteiger partial charge in [-0.3, -0.25) is 9.59 Å². The average molecular weight is 247 g/mol. The molecule has 1 amide bonds. The molecule has 0 spiro atoms. The number of carboxylic acids is 1. The third kappa shape index (κ3) is 9.77. The summed E-state index contributed by atoms with van der Waals surface area (Å²) in [7, 11) is 0. The highest BCUT2D eigenvalue weighted by molar-refractivity contribution is 5.78. The van der Waals surface area contributed by atoms with Crippen molar-refractivity contribution in [2.24, 2.45) is 5.92 Å². The molecule has 0 fully saturated rings. The second-order valence-corrected chi connectivity index (χ2v) is 3.74. The molecule has 100 valence electrons. The first-order valence-electron chi connectivity index (χ1n) is 5.81. The zero-order valence-corrected chi connectivity index (χ0v) is 10.4. The van der Waals surface area contributed by atoms with Crippen LogP contribution in [0.1, 0.15) is 33.1 Å². The molecule has 0 aliphatic heterocycles. The van der Waals surface area contributed by atoms with Gasteiger partial charge < -0.3 is 10.4 Å². The van der Waals surface area contributed by atoms with Gasteiger partial charge in [-0.15, -0.1) is 0 Å². The van der Waals surface area contributed by atoms with Crippen molar-refractivity contribution in [2.75, 3.05) is 19.8 Å². The zero-order valence-electron chi connectivity index (χ0n) is 10.4. The fourth-order valence-corrected chi connectivity index (χ4v) is 0.976. The molecule has 0 rings (SSSR count). The molecule has 0 aromatic heterocycles. The smallest absolute Gasteiger partial charge is 0.303 e. The number of nitrogens with one attached hydrogen (secondary N) is 1. The number of aliphatic carboxylic acids is 1. The lowest BCUT2D eigenvalue weighted by Gasteiger charge is -2.09. The summed E-state index contributed by atoms with van der Waals surface area (Å²) in [5, 5.41) is 11.1. The number of carbonyl (C=O) groups is 2. The van der Waals surface area contributed by atoms with E-state index in [1.54, 1.807) is 0 Å². The minimum atomic E-state index is -0.852. The number of carbonyl (C=O) groups excluding carboxylic acids is 1. The van der Waals surface area contributed by atoms with Crippen LogP contribution in [0.15, 0.2) is 0 Å². The third-order valence-corrected chi connectivity index (χ3v) is 2.25. The highest BCUT2D eigenvalue weighted by Gasteiger charge is 2.08. The van der Waals surface area contributed by atoms with Crippen LogP contribution in [0.4, 0.5) is 0 Å². The Hall–Kier alpha value is -1.14. The number of rotatable bonds is 10. The molecule has 0 radical (unpaired) electrons. The average Bonchev–Trinajstić information content (AvgIpc) is 2.30. The number of hydrogen-bond donors (Lipinski definition) is 2. The fraction of sp³-hybridized carbons (Fsp3) is 0.818. The normalized spacial score (nSPS) is 12.1. The van der Waals surface area contributed by atoms with Crippen LogP contribution < -0.4 is 5.32 Å². The summed E-state index contributed by atoms with van der Waals surface area (Å²) in [6, 6.07) is 0. The van der Waals surface area contributed by atoms with Crippen molar-refractivity contribution < 1.29 is 24.5 Å². The zero-order chi connectivity index (χ0) is 13.1.